The molecule has 2 aromatic heterocycles. The highest BCUT2D eigenvalue weighted by Crippen LogP contribution is 2.19. The lowest BCUT2D eigenvalue weighted by atomic mass is 10.2. The van der Waals surface area contributed by atoms with Crippen LogP contribution in [0, 0.1) is 0 Å². The number of methoxy groups -OCH3 is 1. The highest BCUT2D eigenvalue weighted by molar-refractivity contribution is 7.16. The number of hydrogen-bond acceptors (Lipinski definition) is 6. The third kappa shape index (κ3) is 1.74. The van der Waals surface area contributed by atoms with Crippen LogP contribution in [0.5, 0.6) is 0 Å². The van der Waals surface area contributed by atoms with Gasteiger partial charge in [0.1, 0.15) is 11.3 Å². The second-order valence-electron chi connectivity index (χ2n) is 2.89. The van der Waals surface area contributed by atoms with Crippen LogP contribution in [-0.2, 0) is 4.74 Å². The minimum atomic E-state index is -0.0818. The molecule has 76 valence electrons. The minimum Gasteiger partial charge on any atom is -0.385 e. The van der Waals surface area contributed by atoms with E-state index in [9.17, 15) is 0 Å². The van der Waals surface area contributed by atoms with Crippen LogP contribution in [0.2, 0.25) is 0 Å². The van der Waals surface area contributed by atoms with E-state index in [1.807, 2.05) is 0 Å². The van der Waals surface area contributed by atoms with Crippen molar-refractivity contribution < 1.29 is 4.74 Å². The average molecular weight is 213 g/mol. The van der Waals surface area contributed by atoms with Crippen LogP contribution in [0.15, 0.2) is 6.33 Å². The number of rotatable bonds is 4. The van der Waals surface area contributed by atoms with Crippen LogP contribution in [0.3, 0.4) is 0 Å². The first-order valence-corrected chi connectivity index (χ1v) is 5.04. The first-order chi connectivity index (χ1) is 6.81. The van der Waals surface area contributed by atoms with Gasteiger partial charge in [-0.05, 0) is 6.42 Å². The zero-order valence-electron chi connectivity index (χ0n) is 7.75. The van der Waals surface area contributed by atoms with Crippen LogP contribution >= 0.6 is 11.3 Å². The number of ether oxygens (including phenoxy) is 1. The maximum absolute atomic E-state index is 5.91. The maximum atomic E-state index is 5.91. The van der Waals surface area contributed by atoms with E-state index < -0.39 is 0 Å². The summed E-state index contributed by atoms with van der Waals surface area (Å²) in [5.74, 6) is 0. The molecule has 0 saturated heterocycles. The summed E-state index contributed by atoms with van der Waals surface area (Å²) in [5, 5.41) is 12.7. The van der Waals surface area contributed by atoms with Crippen molar-refractivity contribution in [1.82, 2.24) is 19.8 Å². The normalized spacial score (nSPS) is 13.6. The molecule has 6 nitrogen and oxygen atoms in total. The number of nitrogens with zero attached hydrogens (tertiary/aromatic N) is 4. The molecule has 2 N–H and O–H groups in total. The Labute approximate surface area is 84.7 Å². The van der Waals surface area contributed by atoms with Gasteiger partial charge in [0.2, 0.25) is 4.96 Å². The Hall–Kier alpha value is -1.05. The molecule has 0 aliphatic rings. The van der Waals surface area contributed by atoms with Crippen molar-refractivity contribution in [3.63, 3.8) is 0 Å². The molecule has 0 bridgehead atoms. The van der Waals surface area contributed by atoms with Gasteiger partial charge < -0.3 is 10.5 Å². The van der Waals surface area contributed by atoms with Crippen molar-refractivity contribution >= 4 is 16.3 Å². The standard InChI is InChI=1S/C7H11N5OS/c1-13-3-2-5(8)6-11-12-4-9-10-7(12)14-6/h4-5H,2-3,8H2,1H3. The fourth-order valence-electron chi connectivity index (χ4n) is 1.09. The lowest BCUT2D eigenvalue weighted by molar-refractivity contribution is 0.188. The molecule has 2 heterocycles. The fraction of sp³-hybridized carbons (Fsp3) is 0.571. The molecule has 14 heavy (non-hydrogen) atoms. The molecular formula is C7H11N5OS. The Balaban J connectivity index is 2.13. The van der Waals surface area contributed by atoms with E-state index in [1.165, 1.54) is 11.3 Å². The van der Waals surface area contributed by atoms with E-state index in [-0.39, 0.29) is 6.04 Å². The topological polar surface area (TPSA) is 78.3 Å². The predicted octanol–water partition coefficient (Wildman–Crippen LogP) is 0.222. The fourth-order valence-corrected chi connectivity index (χ4v) is 1.95. The van der Waals surface area contributed by atoms with Crippen LogP contribution in [0.1, 0.15) is 17.5 Å². The highest BCUT2D eigenvalue weighted by Gasteiger charge is 2.12. The molecular weight excluding hydrogens is 202 g/mol. The monoisotopic (exact) mass is 213 g/mol. The second-order valence-corrected chi connectivity index (χ2v) is 3.87. The second kappa shape index (κ2) is 3.99. The third-order valence-electron chi connectivity index (χ3n) is 1.85. The van der Waals surface area contributed by atoms with E-state index in [2.05, 4.69) is 15.3 Å². The van der Waals surface area contributed by atoms with E-state index >= 15 is 0 Å². The summed E-state index contributed by atoms with van der Waals surface area (Å²) in [5.41, 5.74) is 5.91. The van der Waals surface area contributed by atoms with Gasteiger partial charge in [-0.25, -0.2) is 0 Å². The van der Waals surface area contributed by atoms with Gasteiger partial charge >= 0.3 is 0 Å². The van der Waals surface area contributed by atoms with Gasteiger partial charge in [0.05, 0.1) is 6.04 Å². The van der Waals surface area contributed by atoms with Gasteiger partial charge in [0.15, 0.2) is 0 Å². The molecule has 0 amide bonds. The number of nitrogens with two attached hydrogens (primary N) is 1. The molecule has 0 aliphatic heterocycles. The molecule has 0 aliphatic carbocycles. The summed E-state index contributed by atoms with van der Waals surface area (Å²) in [6.45, 7) is 0.640. The molecule has 0 fully saturated rings. The van der Waals surface area contributed by atoms with Gasteiger partial charge in [-0.2, -0.15) is 9.61 Å². The summed E-state index contributed by atoms with van der Waals surface area (Å²) >= 11 is 1.46. The molecule has 2 aromatic rings. The number of hydrogen-bond donors (Lipinski definition) is 1. The van der Waals surface area contributed by atoms with E-state index in [0.29, 0.717) is 6.61 Å². The summed E-state index contributed by atoms with van der Waals surface area (Å²) in [7, 11) is 1.66. The molecule has 1 unspecified atom stereocenters. The van der Waals surface area contributed by atoms with Crippen molar-refractivity contribution in [2.75, 3.05) is 13.7 Å². The van der Waals surface area contributed by atoms with Gasteiger partial charge in [-0.3, -0.25) is 0 Å². The van der Waals surface area contributed by atoms with Crippen molar-refractivity contribution in [2.45, 2.75) is 12.5 Å². The smallest absolute Gasteiger partial charge is 0.234 e. The molecule has 1 atom stereocenters. The Morgan fingerprint density at radius 2 is 2.57 bits per heavy atom. The lowest BCUT2D eigenvalue weighted by Crippen LogP contribution is -2.12. The van der Waals surface area contributed by atoms with Gasteiger partial charge in [0, 0.05) is 13.7 Å². The Kier molecular flexibility index (Phi) is 2.71. The molecule has 0 aromatic carbocycles. The van der Waals surface area contributed by atoms with Crippen LogP contribution in [0.4, 0.5) is 0 Å². The molecule has 2 rings (SSSR count). The largest absolute Gasteiger partial charge is 0.385 e. The first-order valence-electron chi connectivity index (χ1n) is 4.22. The van der Waals surface area contributed by atoms with E-state index in [1.54, 1.807) is 18.0 Å². The lowest BCUT2D eigenvalue weighted by Gasteiger charge is -2.05. The zero-order valence-corrected chi connectivity index (χ0v) is 8.57. The van der Waals surface area contributed by atoms with Crippen molar-refractivity contribution in [3.05, 3.63) is 11.3 Å². The average Bonchev–Trinajstić information content (AvgIpc) is 2.72. The van der Waals surface area contributed by atoms with Gasteiger partial charge in [-0.15, -0.1) is 10.2 Å². The van der Waals surface area contributed by atoms with Crippen LogP contribution < -0.4 is 5.73 Å². The minimum absolute atomic E-state index is 0.0818. The molecule has 0 spiro atoms. The summed E-state index contributed by atoms with van der Waals surface area (Å²) in [6.07, 6.45) is 2.33. The highest BCUT2D eigenvalue weighted by atomic mass is 32.1. The Bertz CT molecular complexity index is 382. The predicted molar refractivity (Wildman–Crippen MR) is 52.1 cm³/mol. The first kappa shape index (κ1) is 9.50. The van der Waals surface area contributed by atoms with Crippen LogP contribution in [0.25, 0.3) is 4.96 Å². The van der Waals surface area contributed by atoms with Gasteiger partial charge in [0.25, 0.3) is 0 Å². The van der Waals surface area contributed by atoms with Crippen molar-refractivity contribution in [3.8, 4) is 0 Å². The van der Waals surface area contributed by atoms with Gasteiger partial charge in [-0.1, -0.05) is 11.3 Å². The SMILES string of the molecule is COCCC(N)c1nn2cnnc2s1. The summed E-state index contributed by atoms with van der Waals surface area (Å²) in [4.78, 5) is 0.771. The maximum Gasteiger partial charge on any atom is 0.234 e. The third-order valence-corrected chi connectivity index (χ3v) is 2.90. The van der Waals surface area contributed by atoms with Crippen LogP contribution in [-0.4, -0.2) is 33.5 Å². The Morgan fingerprint density at radius 3 is 3.29 bits per heavy atom. The summed E-state index contributed by atoms with van der Waals surface area (Å²) < 4.78 is 6.58. The van der Waals surface area contributed by atoms with Crippen molar-refractivity contribution in [1.29, 1.82) is 0 Å². The molecule has 7 heteroatoms. The number of fused-ring (bicyclic) bond motifs is 1. The summed E-state index contributed by atoms with van der Waals surface area (Å²) in [6, 6.07) is -0.0818. The van der Waals surface area contributed by atoms with Crippen molar-refractivity contribution in [2.24, 2.45) is 5.73 Å². The molecule has 0 saturated carbocycles. The molecule has 0 radical (unpaired) electrons. The van der Waals surface area contributed by atoms with E-state index in [0.717, 1.165) is 16.4 Å². The quantitative estimate of drug-likeness (QED) is 0.786. The number of aromatic nitrogens is 4. The van der Waals surface area contributed by atoms with E-state index in [4.69, 9.17) is 10.5 Å². The zero-order chi connectivity index (χ0) is 9.97. The Morgan fingerprint density at radius 1 is 1.71 bits per heavy atom.